The van der Waals surface area contributed by atoms with E-state index in [4.69, 9.17) is 4.74 Å². The first-order chi connectivity index (χ1) is 23.9. The minimum atomic E-state index is -4.64. The average Bonchev–Trinajstić information content (AvgIpc) is 3.53. The summed E-state index contributed by atoms with van der Waals surface area (Å²) in [6.45, 7) is 2.53. The van der Waals surface area contributed by atoms with Gasteiger partial charge in [-0.05, 0) is 86.5 Å². The molecule has 2 N–H and O–H groups in total. The predicted molar refractivity (Wildman–Crippen MR) is 178 cm³/mol. The van der Waals surface area contributed by atoms with Crippen molar-refractivity contribution in [1.82, 2.24) is 24.4 Å². The number of anilines is 1. The Morgan fingerprint density at radius 1 is 0.920 bits per heavy atom. The number of thioether (sulfide) groups is 1. The number of rotatable bonds is 12. The van der Waals surface area contributed by atoms with Gasteiger partial charge in [0.15, 0.2) is 11.0 Å². The van der Waals surface area contributed by atoms with Crippen LogP contribution in [0.4, 0.5) is 18.9 Å². The number of hydrogen-bond donors (Lipinski definition) is 2. The highest BCUT2D eigenvalue weighted by atomic mass is 32.2. The number of alkyl halides is 3. The standard InChI is InChI=1S/C33H33F3N6O6S2/c1-2-48-31(45)23-9-13-25(14-10-23)38-29(43)21-49-32-40-39-28(42(32)26-8-6-7-24(19-26)33(34,35)36)20-37-30(44)22-11-15-27(16-12-22)50(46,47)41-17-4-3-5-18-41/h6-16,19H,2-5,17-18,20-21H2,1H3,(H,37,44)(H,38,43). The van der Waals surface area contributed by atoms with E-state index in [0.717, 1.165) is 43.2 Å². The number of piperidine rings is 1. The van der Waals surface area contributed by atoms with Crippen LogP contribution < -0.4 is 10.6 Å². The number of aromatic nitrogens is 3. The first-order valence-corrected chi connectivity index (χ1v) is 18.0. The molecule has 1 fully saturated rings. The number of amides is 2. The summed E-state index contributed by atoms with van der Waals surface area (Å²) < 4.78 is 74.5. The summed E-state index contributed by atoms with van der Waals surface area (Å²) in [5, 5.41) is 13.6. The lowest BCUT2D eigenvalue weighted by atomic mass is 10.2. The van der Waals surface area contributed by atoms with E-state index in [1.807, 2.05) is 0 Å². The molecular formula is C33H33F3N6O6S2. The molecular weight excluding hydrogens is 698 g/mol. The molecule has 0 aliphatic carbocycles. The molecule has 3 aromatic carbocycles. The smallest absolute Gasteiger partial charge is 0.416 e. The molecule has 4 aromatic rings. The monoisotopic (exact) mass is 730 g/mol. The van der Waals surface area contributed by atoms with Crippen molar-refractivity contribution in [3.05, 3.63) is 95.3 Å². The Hall–Kier alpha value is -4.74. The van der Waals surface area contributed by atoms with Crippen molar-refractivity contribution in [2.75, 3.05) is 30.8 Å². The van der Waals surface area contributed by atoms with Gasteiger partial charge < -0.3 is 15.4 Å². The molecule has 0 radical (unpaired) electrons. The van der Waals surface area contributed by atoms with Crippen LogP contribution in [-0.4, -0.2) is 70.7 Å². The molecule has 0 atom stereocenters. The quantitative estimate of drug-likeness (QED) is 0.146. The SMILES string of the molecule is CCOC(=O)c1ccc(NC(=O)CSc2nnc(CNC(=O)c3ccc(S(=O)(=O)N4CCCCC4)cc3)n2-c2cccc(C(F)(F)F)c2)cc1. The van der Waals surface area contributed by atoms with Gasteiger partial charge in [0.1, 0.15) is 0 Å². The maximum absolute atomic E-state index is 13.6. The van der Waals surface area contributed by atoms with Gasteiger partial charge in [-0.1, -0.05) is 24.2 Å². The topological polar surface area (TPSA) is 153 Å². The zero-order chi connectivity index (χ0) is 35.9. The summed E-state index contributed by atoms with van der Waals surface area (Å²) in [4.78, 5) is 37.8. The van der Waals surface area contributed by atoms with E-state index in [1.165, 1.54) is 69.5 Å². The Labute approximate surface area is 290 Å². The molecule has 1 aromatic heterocycles. The zero-order valence-electron chi connectivity index (χ0n) is 26.8. The van der Waals surface area contributed by atoms with Crippen LogP contribution in [0.25, 0.3) is 5.69 Å². The number of esters is 1. The first-order valence-electron chi connectivity index (χ1n) is 15.6. The number of ether oxygens (including phenoxy) is 1. The third kappa shape index (κ3) is 8.88. The molecule has 0 bridgehead atoms. The Morgan fingerprint density at radius 3 is 2.26 bits per heavy atom. The summed E-state index contributed by atoms with van der Waals surface area (Å²) in [7, 11) is -3.69. The summed E-state index contributed by atoms with van der Waals surface area (Å²) in [5.41, 5.74) is 0.0145. The summed E-state index contributed by atoms with van der Waals surface area (Å²) in [6.07, 6.45) is -2.10. The van der Waals surface area contributed by atoms with E-state index in [9.17, 15) is 36.0 Å². The maximum atomic E-state index is 13.6. The highest BCUT2D eigenvalue weighted by molar-refractivity contribution is 7.99. The third-order valence-electron chi connectivity index (χ3n) is 7.62. The molecule has 1 aliphatic rings. The van der Waals surface area contributed by atoms with Crippen LogP contribution in [0.3, 0.4) is 0 Å². The van der Waals surface area contributed by atoms with Gasteiger partial charge in [-0.25, -0.2) is 13.2 Å². The van der Waals surface area contributed by atoms with Crippen molar-refractivity contribution in [3.8, 4) is 5.69 Å². The lowest BCUT2D eigenvalue weighted by Gasteiger charge is -2.25. The molecule has 1 aliphatic heterocycles. The van der Waals surface area contributed by atoms with E-state index in [0.29, 0.717) is 24.3 Å². The highest BCUT2D eigenvalue weighted by Crippen LogP contribution is 2.32. The largest absolute Gasteiger partial charge is 0.462 e. The normalized spacial score (nSPS) is 13.8. The summed E-state index contributed by atoms with van der Waals surface area (Å²) >= 11 is 0.913. The number of carbonyl (C=O) groups excluding carboxylic acids is 3. The van der Waals surface area contributed by atoms with Gasteiger partial charge in [-0.2, -0.15) is 17.5 Å². The molecule has 0 spiro atoms. The van der Waals surface area contributed by atoms with Crippen molar-refractivity contribution in [1.29, 1.82) is 0 Å². The molecule has 5 rings (SSSR count). The van der Waals surface area contributed by atoms with Crippen molar-refractivity contribution in [2.24, 2.45) is 0 Å². The Kier molecular flexibility index (Phi) is 11.6. The first kappa shape index (κ1) is 36.5. The van der Waals surface area contributed by atoms with Gasteiger partial charge in [0, 0.05) is 24.3 Å². The van der Waals surface area contributed by atoms with E-state index >= 15 is 0 Å². The fraction of sp³-hybridized carbons (Fsp3) is 0.303. The minimum Gasteiger partial charge on any atom is -0.462 e. The molecule has 0 saturated carbocycles. The second-order valence-corrected chi connectivity index (χ2v) is 14.0. The number of carbonyl (C=O) groups is 3. The fourth-order valence-electron chi connectivity index (χ4n) is 5.11. The minimum absolute atomic E-state index is 0.0545. The number of halogens is 3. The van der Waals surface area contributed by atoms with Gasteiger partial charge in [0.05, 0.1) is 40.6 Å². The van der Waals surface area contributed by atoms with Crippen LogP contribution in [0.5, 0.6) is 0 Å². The lowest BCUT2D eigenvalue weighted by Crippen LogP contribution is -2.35. The zero-order valence-corrected chi connectivity index (χ0v) is 28.4. The number of sulfonamides is 1. The van der Waals surface area contributed by atoms with Crippen LogP contribution in [0, 0.1) is 0 Å². The highest BCUT2D eigenvalue weighted by Gasteiger charge is 2.31. The van der Waals surface area contributed by atoms with E-state index in [2.05, 4.69) is 20.8 Å². The third-order valence-corrected chi connectivity index (χ3v) is 10.5. The van der Waals surface area contributed by atoms with Gasteiger partial charge >= 0.3 is 12.1 Å². The Balaban J connectivity index is 1.30. The number of nitrogens with one attached hydrogen (secondary N) is 2. The van der Waals surface area contributed by atoms with E-state index < -0.39 is 39.5 Å². The number of benzene rings is 3. The molecule has 12 nitrogen and oxygen atoms in total. The van der Waals surface area contributed by atoms with Crippen LogP contribution in [-0.2, 0) is 32.3 Å². The molecule has 0 unspecified atom stereocenters. The summed E-state index contributed by atoms with van der Waals surface area (Å²) in [5.74, 6) is -1.65. The van der Waals surface area contributed by atoms with Crippen molar-refractivity contribution in [2.45, 2.75) is 49.0 Å². The molecule has 2 amide bonds. The number of nitrogens with zero attached hydrogens (tertiary/aromatic N) is 4. The average molecular weight is 731 g/mol. The van der Waals surface area contributed by atoms with Crippen LogP contribution in [0.15, 0.2) is 82.8 Å². The molecule has 2 heterocycles. The predicted octanol–water partition coefficient (Wildman–Crippen LogP) is 5.30. The second kappa shape index (κ2) is 15.9. The lowest BCUT2D eigenvalue weighted by molar-refractivity contribution is -0.137. The van der Waals surface area contributed by atoms with Crippen molar-refractivity contribution in [3.63, 3.8) is 0 Å². The molecule has 17 heteroatoms. The van der Waals surface area contributed by atoms with Gasteiger partial charge in [-0.15, -0.1) is 10.2 Å². The van der Waals surface area contributed by atoms with Crippen LogP contribution in [0.1, 0.15) is 58.3 Å². The van der Waals surface area contributed by atoms with E-state index in [-0.39, 0.29) is 46.0 Å². The van der Waals surface area contributed by atoms with Crippen LogP contribution >= 0.6 is 11.8 Å². The fourth-order valence-corrected chi connectivity index (χ4v) is 7.40. The number of hydrogen-bond acceptors (Lipinski definition) is 9. The summed E-state index contributed by atoms with van der Waals surface area (Å²) in [6, 6.07) is 16.0. The van der Waals surface area contributed by atoms with Crippen LogP contribution in [0.2, 0.25) is 0 Å². The molecule has 50 heavy (non-hydrogen) atoms. The van der Waals surface area contributed by atoms with Gasteiger partial charge in [0.25, 0.3) is 5.91 Å². The Bertz CT molecular complexity index is 1950. The van der Waals surface area contributed by atoms with E-state index in [1.54, 1.807) is 6.92 Å². The van der Waals surface area contributed by atoms with Gasteiger partial charge in [0.2, 0.25) is 15.9 Å². The van der Waals surface area contributed by atoms with Crippen molar-refractivity contribution >= 4 is 45.3 Å². The van der Waals surface area contributed by atoms with Gasteiger partial charge in [-0.3, -0.25) is 14.2 Å². The maximum Gasteiger partial charge on any atom is 0.416 e. The molecule has 1 saturated heterocycles. The molecule has 264 valence electrons. The second-order valence-electron chi connectivity index (χ2n) is 11.1. The van der Waals surface area contributed by atoms with Crippen molar-refractivity contribution < 1.29 is 40.7 Å². The Morgan fingerprint density at radius 2 is 1.60 bits per heavy atom.